The number of carbonyl (C=O) groups excluding carboxylic acids is 1. The molecule has 3 rings (SSSR count). The topological polar surface area (TPSA) is 20.3 Å². The van der Waals surface area contributed by atoms with Crippen LogP contribution < -0.4 is 4.90 Å². The number of para-hydroxylation sites is 1. The second-order valence-corrected chi connectivity index (χ2v) is 6.11. The summed E-state index contributed by atoms with van der Waals surface area (Å²) in [6, 6.07) is 6.99. The highest BCUT2D eigenvalue weighted by Gasteiger charge is 2.30. The summed E-state index contributed by atoms with van der Waals surface area (Å²) in [6.45, 7) is 0.304. The van der Waals surface area contributed by atoms with Crippen LogP contribution in [0.5, 0.6) is 0 Å². The van der Waals surface area contributed by atoms with E-state index in [-0.39, 0.29) is 11.8 Å². The Morgan fingerprint density at radius 2 is 1.50 bits per heavy atom. The summed E-state index contributed by atoms with van der Waals surface area (Å²) in [6.07, 6.45) is 1.38. The van der Waals surface area contributed by atoms with Crippen LogP contribution in [0.25, 0.3) is 0 Å². The Labute approximate surface area is 138 Å². The Bertz CT molecular complexity index is 797. The van der Waals surface area contributed by atoms with E-state index in [1.54, 1.807) is 18.2 Å². The van der Waals surface area contributed by atoms with Gasteiger partial charge in [-0.05, 0) is 36.2 Å². The van der Waals surface area contributed by atoms with Gasteiger partial charge in [-0.1, -0.05) is 18.2 Å². The minimum atomic E-state index is -2.25. The monoisotopic (exact) mass is 359 g/mol. The van der Waals surface area contributed by atoms with Gasteiger partial charge in [0.2, 0.25) is 5.82 Å². The lowest BCUT2D eigenvalue weighted by atomic mass is 10.0. The zero-order valence-corrected chi connectivity index (χ0v) is 12.9. The standard InChI is InChI=1S/C16H10F5NOS/c17-10-11(18)13(20)15(14(21)12(10)19)24-16(23)22-7-3-5-8-4-1-2-6-9(8)22/h1-2,4,6H,3,5,7H2. The highest BCUT2D eigenvalue weighted by Crippen LogP contribution is 2.35. The predicted molar refractivity (Wildman–Crippen MR) is 79.6 cm³/mol. The van der Waals surface area contributed by atoms with Gasteiger partial charge in [0.1, 0.15) is 0 Å². The van der Waals surface area contributed by atoms with E-state index < -0.39 is 39.2 Å². The molecule has 0 bridgehead atoms. The zero-order valence-electron chi connectivity index (χ0n) is 12.1. The summed E-state index contributed by atoms with van der Waals surface area (Å²) in [5, 5.41) is -0.801. The summed E-state index contributed by atoms with van der Waals surface area (Å²) in [4.78, 5) is 12.4. The summed E-state index contributed by atoms with van der Waals surface area (Å²) in [7, 11) is 0. The first kappa shape index (κ1) is 16.8. The number of carbonyl (C=O) groups is 1. The highest BCUT2D eigenvalue weighted by atomic mass is 32.2. The van der Waals surface area contributed by atoms with Gasteiger partial charge < -0.3 is 4.90 Å². The molecule has 0 aromatic heterocycles. The van der Waals surface area contributed by atoms with E-state index in [9.17, 15) is 26.7 Å². The number of anilines is 1. The first-order valence-corrected chi connectivity index (χ1v) is 7.82. The molecule has 1 aliphatic heterocycles. The van der Waals surface area contributed by atoms with E-state index in [1.807, 2.05) is 6.07 Å². The number of amides is 1. The van der Waals surface area contributed by atoms with Gasteiger partial charge in [-0.2, -0.15) is 0 Å². The summed E-state index contributed by atoms with van der Waals surface area (Å²) >= 11 is -0.00567. The quantitative estimate of drug-likeness (QED) is 0.307. The van der Waals surface area contributed by atoms with Crippen molar-refractivity contribution in [3.8, 4) is 0 Å². The van der Waals surface area contributed by atoms with E-state index in [0.717, 1.165) is 12.0 Å². The zero-order chi connectivity index (χ0) is 17.4. The third-order valence-corrected chi connectivity index (χ3v) is 4.65. The van der Waals surface area contributed by atoms with E-state index >= 15 is 0 Å². The van der Waals surface area contributed by atoms with Gasteiger partial charge in [0.15, 0.2) is 23.3 Å². The van der Waals surface area contributed by atoms with Gasteiger partial charge in [-0.25, -0.2) is 22.0 Å². The number of halogens is 5. The number of fused-ring (bicyclic) bond motifs is 1. The SMILES string of the molecule is O=C(Sc1c(F)c(F)c(F)c(F)c1F)N1CCCc2ccccc21. The van der Waals surface area contributed by atoms with Crippen LogP contribution in [-0.4, -0.2) is 11.8 Å². The lowest BCUT2D eigenvalue weighted by Crippen LogP contribution is -2.32. The van der Waals surface area contributed by atoms with Crippen molar-refractivity contribution in [2.75, 3.05) is 11.4 Å². The second-order valence-electron chi connectivity index (χ2n) is 5.15. The average Bonchev–Trinajstić information content (AvgIpc) is 2.61. The molecule has 2 aromatic rings. The van der Waals surface area contributed by atoms with Crippen molar-refractivity contribution >= 4 is 22.7 Å². The molecule has 0 aliphatic carbocycles. The molecule has 0 N–H and O–H groups in total. The fourth-order valence-electron chi connectivity index (χ4n) is 2.54. The van der Waals surface area contributed by atoms with Crippen LogP contribution in [0.3, 0.4) is 0 Å². The van der Waals surface area contributed by atoms with Crippen LogP contribution in [0.4, 0.5) is 32.4 Å². The van der Waals surface area contributed by atoms with Gasteiger partial charge >= 0.3 is 0 Å². The maximum Gasteiger partial charge on any atom is 0.291 e. The number of hydrogen-bond acceptors (Lipinski definition) is 2. The molecule has 0 saturated carbocycles. The third-order valence-electron chi connectivity index (χ3n) is 3.69. The van der Waals surface area contributed by atoms with Crippen molar-refractivity contribution in [2.45, 2.75) is 17.7 Å². The van der Waals surface area contributed by atoms with Crippen LogP contribution in [0, 0.1) is 29.1 Å². The number of aryl methyl sites for hydroxylation is 1. The molecule has 0 spiro atoms. The molecular weight excluding hydrogens is 349 g/mol. The summed E-state index contributed by atoms with van der Waals surface area (Å²) < 4.78 is 67.0. The molecule has 0 atom stereocenters. The predicted octanol–water partition coefficient (Wildman–Crippen LogP) is 5.05. The molecule has 1 amide bonds. The molecule has 0 fully saturated rings. The molecule has 0 saturated heterocycles. The van der Waals surface area contributed by atoms with Gasteiger partial charge in [-0.15, -0.1) is 0 Å². The van der Waals surface area contributed by atoms with Crippen molar-refractivity contribution in [3.63, 3.8) is 0 Å². The molecule has 126 valence electrons. The average molecular weight is 359 g/mol. The fraction of sp³-hybridized carbons (Fsp3) is 0.188. The van der Waals surface area contributed by atoms with E-state index in [4.69, 9.17) is 0 Å². The third kappa shape index (κ3) is 2.75. The molecule has 2 nitrogen and oxygen atoms in total. The molecule has 8 heteroatoms. The summed E-state index contributed by atoms with van der Waals surface area (Å²) in [5.74, 6) is -10.4. The Kier molecular flexibility index (Phi) is 4.49. The smallest absolute Gasteiger partial charge is 0.291 e. The van der Waals surface area contributed by atoms with Crippen molar-refractivity contribution in [3.05, 3.63) is 58.9 Å². The van der Waals surface area contributed by atoms with Crippen molar-refractivity contribution < 1.29 is 26.7 Å². The summed E-state index contributed by atoms with van der Waals surface area (Å²) in [5.41, 5.74) is 1.46. The van der Waals surface area contributed by atoms with Crippen molar-refractivity contribution in [2.24, 2.45) is 0 Å². The maximum atomic E-state index is 13.7. The first-order chi connectivity index (χ1) is 11.4. The van der Waals surface area contributed by atoms with Crippen LogP contribution in [0.15, 0.2) is 29.2 Å². The van der Waals surface area contributed by atoms with Gasteiger partial charge in [0, 0.05) is 12.2 Å². The van der Waals surface area contributed by atoms with Crippen LogP contribution in [0.2, 0.25) is 0 Å². The van der Waals surface area contributed by atoms with E-state index in [2.05, 4.69) is 0 Å². The minimum Gasteiger partial charge on any atom is -0.303 e. The van der Waals surface area contributed by atoms with Gasteiger partial charge in [0.05, 0.1) is 4.90 Å². The molecule has 1 heterocycles. The minimum absolute atomic E-state index is 0.00567. The number of hydrogen-bond donors (Lipinski definition) is 0. The van der Waals surface area contributed by atoms with E-state index in [0.29, 0.717) is 18.7 Å². The van der Waals surface area contributed by atoms with Gasteiger partial charge in [0.25, 0.3) is 5.24 Å². The Morgan fingerprint density at radius 3 is 2.17 bits per heavy atom. The molecule has 1 aliphatic rings. The molecule has 24 heavy (non-hydrogen) atoms. The Morgan fingerprint density at radius 1 is 0.917 bits per heavy atom. The van der Waals surface area contributed by atoms with Gasteiger partial charge in [-0.3, -0.25) is 4.79 Å². The number of thioether (sulfide) groups is 1. The van der Waals surface area contributed by atoms with Crippen LogP contribution in [0.1, 0.15) is 12.0 Å². The fourth-order valence-corrected chi connectivity index (χ4v) is 3.37. The van der Waals surface area contributed by atoms with Crippen molar-refractivity contribution in [1.29, 1.82) is 0 Å². The molecule has 0 radical (unpaired) electrons. The lowest BCUT2D eigenvalue weighted by Gasteiger charge is -2.29. The largest absolute Gasteiger partial charge is 0.303 e. The van der Waals surface area contributed by atoms with Crippen LogP contribution in [-0.2, 0) is 6.42 Å². The Hall–Kier alpha value is -2.09. The van der Waals surface area contributed by atoms with Crippen LogP contribution >= 0.6 is 11.8 Å². The van der Waals surface area contributed by atoms with E-state index in [1.165, 1.54) is 4.90 Å². The normalized spacial score (nSPS) is 13.8. The second kappa shape index (κ2) is 6.43. The lowest BCUT2D eigenvalue weighted by molar-refractivity contribution is 0.264. The molecule has 2 aromatic carbocycles. The maximum absolute atomic E-state index is 13.7. The molecular formula is C16H10F5NOS. The number of rotatable bonds is 1. The molecule has 0 unspecified atom stereocenters. The number of nitrogens with zero attached hydrogens (tertiary/aromatic N) is 1. The van der Waals surface area contributed by atoms with Crippen molar-refractivity contribution in [1.82, 2.24) is 0 Å². The first-order valence-electron chi connectivity index (χ1n) is 7.00. The Balaban J connectivity index is 1.95. The highest BCUT2D eigenvalue weighted by molar-refractivity contribution is 8.14. The number of benzene rings is 2.